The summed E-state index contributed by atoms with van der Waals surface area (Å²) in [6, 6.07) is 11.8. The fraction of sp³-hybridized carbons (Fsp3) is 0.389. The molecule has 0 aliphatic carbocycles. The first-order chi connectivity index (χ1) is 12.2. The maximum Gasteiger partial charge on any atom is 0.222 e. The summed E-state index contributed by atoms with van der Waals surface area (Å²) in [6.45, 7) is 4.38. The molecule has 0 atom stereocenters. The molecule has 0 aliphatic heterocycles. The molecule has 0 radical (unpaired) electrons. The van der Waals surface area contributed by atoms with E-state index in [0.717, 1.165) is 17.8 Å². The van der Waals surface area contributed by atoms with E-state index in [2.05, 4.69) is 26.0 Å². The zero-order chi connectivity index (χ0) is 17.9. The first kappa shape index (κ1) is 18.5. The van der Waals surface area contributed by atoms with Gasteiger partial charge in [0, 0.05) is 39.3 Å². The number of guanidine groups is 1. The van der Waals surface area contributed by atoms with Gasteiger partial charge in [-0.2, -0.15) is 5.10 Å². The van der Waals surface area contributed by atoms with Gasteiger partial charge in [-0.25, -0.2) is 4.99 Å². The molecule has 1 aromatic heterocycles. The largest absolute Gasteiger partial charge is 0.357 e. The third-order valence-corrected chi connectivity index (χ3v) is 3.64. The Morgan fingerprint density at radius 3 is 2.64 bits per heavy atom. The Kier molecular flexibility index (Phi) is 7.49. The standard InChI is InChI=1S/C18H26N6O/c1-3-19-18(22-14-16-9-12-23-24(16)2)20-11-10-17(25)21-13-15-7-5-4-6-8-15/h4-9,12H,3,10-11,13-14H2,1-2H3,(H,21,25)(H2,19,20,22). The first-order valence-electron chi connectivity index (χ1n) is 8.48. The van der Waals surface area contributed by atoms with E-state index < -0.39 is 0 Å². The molecule has 1 amide bonds. The first-order valence-corrected chi connectivity index (χ1v) is 8.48. The summed E-state index contributed by atoms with van der Waals surface area (Å²) in [4.78, 5) is 16.4. The zero-order valence-corrected chi connectivity index (χ0v) is 14.8. The molecule has 0 bridgehead atoms. The Morgan fingerprint density at radius 2 is 1.96 bits per heavy atom. The minimum atomic E-state index is 0.0128. The Hall–Kier alpha value is -2.83. The average molecular weight is 342 g/mol. The predicted molar refractivity (Wildman–Crippen MR) is 98.9 cm³/mol. The lowest BCUT2D eigenvalue weighted by molar-refractivity contribution is -0.121. The quantitative estimate of drug-likeness (QED) is 0.497. The molecular weight excluding hydrogens is 316 g/mol. The second-order valence-corrected chi connectivity index (χ2v) is 5.58. The van der Waals surface area contributed by atoms with Crippen molar-refractivity contribution in [1.29, 1.82) is 0 Å². The zero-order valence-electron chi connectivity index (χ0n) is 14.8. The van der Waals surface area contributed by atoms with Crippen LogP contribution in [0.1, 0.15) is 24.6 Å². The van der Waals surface area contributed by atoms with Crippen LogP contribution in [0.2, 0.25) is 0 Å². The van der Waals surface area contributed by atoms with Crippen LogP contribution in [0.5, 0.6) is 0 Å². The van der Waals surface area contributed by atoms with E-state index in [1.165, 1.54) is 0 Å². The van der Waals surface area contributed by atoms with Crippen molar-refractivity contribution in [2.75, 3.05) is 13.1 Å². The highest BCUT2D eigenvalue weighted by atomic mass is 16.1. The summed E-state index contributed by atoms with van der Waals surface area (Å²) in [5.74, 6) is 0.707. The van der Waals surface area contributed by atoms with Gasteiger partial charge >= 0.3 is 0 Å². The van der Waals surface area contributed by atoms with Crippen molar-refractivity contribution in [3.63, 3.8) is 0 Å². The molecule has 0 fully saturated rings. The van der Waals surface area contributed by atoms with Gasteiger partial charge in [0.05, 0.1) is 12.2 Å². The Labute approximate surface area is 148 Å². The third kappa shape index (κ3) is 6.66. The van der Waals surface area contributed by atoms with Crippen molar-refractivity contribution in [1.82, 2.24) is 25.7 Å². The van der Waals surface area contributed by atoms with Gasteiger partial charge in [0.2, 0.25) is 5.91 Å². The molecule has 1 heterocycles. The van der Waals surface area contributed by atoms with Gasteiger partial charge in [-0.05, 0) is 18.6 Å². The number of aliphatic imine (C=N–C) groups is 1. The van der Waals surface area contributed by atoms with Crippen LogP contribution in [-0.2, 0) is 24.9 Å². The van der Waals surface area contributed by atoms with E-state index in [1.54, 1.807) is 10.9 Å². The Bertz CT molecular complexity index is 680. The average Bonchev–Trinajstić information content (AvgIpc) is 3.04. The van der Waals surface area contributed by atoms with Gasteiger partial charge in [0.25, 0.3) is 0 Å². The van der Waals surface area contributed by atoms with Crippen LogP contribution >= 0.6 is 0 Å². The van der Waals surface area contributed by atoms with E-state index in [9.17, 15) is 4.79 Å². The number of aromatic nitrogens is 2. The predicted octanol–water partition coefficient (Wildman–Crippen LogP) is 1.18. The summed E-state index contributed by atoms with van der Waals surface area (Å²) < 4.78 is 1.80. The molecule has 0 saturated carbocycles. The summed E-state index contributed by atoms with van der Waals surface area (Å²) in [5.41, 5.74) is 2.12. The maximum atomic E-state index is 11.9. The topological polar surface area (TPSA) is 83.3 Å². The summed E-state index contributed by atoms with van der Waals surface area (Å²) in [6.07, 6.45) is 2.14. The molecule has 2 aromatic rings. The summed E-state index contributed by atoms with van der Waals surface area (Å²) in [7, 11) is 1.89. The molecule has 0 unspecified atom stereocenters. The second kappa shape index (κ2) is 10.1. The molecule has 7 heteroatoms. The number of carbonyl (C=O) groups excluding carboxylic acids is 1. The Morgan fingerprint density at radius 1 is 1.16 bits per heavy atom. The summed E-state index contributed by atoms with van der Waals surface area (Å²) >= 11 is 0. The molecule has 0 aliphatic rings. The van der Waals surface area contributed by atoms with E-state index in [-0.39, 0.29) is 5.91 Å². The number of hydrogen-bond acceptors (Lipinski definition) is 3. The van der Waals surface area contributed by atoms with Gasteiger partial charge in [-0.3, -0.25) is 9.48 Å². The Balaban J connectivity index is 1.73. The van der Waals surface area contributed by atoms with Gasteiger partial charge in [-0.1, -0.05) is 30.3 Å². The number of rotatable bonds is 8. The van der Waals surface area contributed by atoms with Crippen molar-refractivity contribution in [2.24, 2.45) is 12.0 Å². The molecule has 3 N–H and O–H groups in total. The van der Waals surface area contributed by atoms with Crippen molar-refractivity contribution in [3.8, 4) is 0 Å². The highest BCUT2D eigenvalue weighted by molar-refractivity contribution is 5.81. The van der Waals surface area contributed by atoms with E-state index in [0.29, 0.717) is 32.0 Å². The van der Waals surface area contributed by atoms with Crippen molar-refractivity contribution < 1.29 is 4.79 Å². The maximum absolute atomic E-state index is 11.9. The van der Waals surface area contributed by atoms with Crippen molar-refractivity contribution in [3.05, 3.63) is 53.9 Å². The lowest BCUT2D eigenvalue weighted by Gasteiger charge is -2.11. The highest BCUT2D eigenvalue weighted by Crippen LogP contribution is 1.98. The van der Waals surface area contributed by atoms with Crippen LogP contribution in [0.4, 0.5) is 0 Å². The minimum Gasteiger partial charge on any atom is -0.357 e. The van der Waals surface area contributed by atoms with Gasteiger partial charge in [0.1, 0.15) is 0 Å². The lowest BCUT2D eigenvalue weighted by atomic mass is 10.2. The van der Waals surface area contributed by atoms with Crippen LogP contribution in [0, 0.1) is 0 Å². The smallest absolute Gasteiger partial charge is 0.222 e. The fourth-order valence-electron chi connectivity index (χ4n) is 2.24. The van der Waals surface area contributed by atoms with Crippen molar-refractivity contribution in [2.45, 2.75) is 26.4 Å². The number of benzene rings is 1. The SMILES string of the molecule is CCNC(=NCc1ccnn1C)NCCC(=O)NCc1ccccc1. The number of nitrogens with one attached hydrogen (secondary N) is 3. The van der Waals surface area contributed by atoms with Crippen LogP contribution in [-0.4, -0.2) is 34.7 Å². The molecular formula is C18H26N6O. The molecule has 1 aromatic carbocycles. The van der Waals surface area contributed by atoms with Gasteiger partial charge in [0.15, 0.2) is 5.96 Å². The normalized spacial score (nSPS) is 11.2. The van der Waals surface area contributed by atoms with Crippen LogP contribution in [0.3, 0.4) is 0 Å². The fourth-order valence-corrected chi connectivity index (χ4v) is 2.24. The van der Waals surface area contributed by atoms with E-state index >= 15 is 0 Å². The number of nitrogens with zero attached hydrogens (tertiary/aromatic N) is 3. The number of carbonyl (C=O) groups is 1. The van der Waals surface area contributed by atoms with Gasteiger partial charge in [-0.15, -0.1) is 0 Å². The highest BCUT2D eigenvalue weighted by Gasteiger charge is 2.03. The minimum absolute atomic E-state index is 0.0128. The van der Waals surface area contributed by atoms with Gasteiger partial charge < -0.3 is 16.0 Å². The number of amides is 1. The lowest BCUT2D eigenvalue weighted by Crippen LogP contribution is -2.39. The van der Waals surface area contributed by atoms with Crippen LogP contribution < -0.4 is 16.0 Å². The molecule has 134 valence electrons. The molecule has 25 heavy (non-hydrogen) atoms. The van der Waals surface area contributed by atoms with E-state index in [1.807, 2.05) is 50.4 Å². The second-order valence-electron chi connectivity index (χ2n) is 5.58. The molecule has 0 spiro atoms. The molecule has 2 rings (SSSR count). The van der Waals surface area contributed by atoms with Crippen molar-refractivity contribution >= 4 is 11.9 Å². The van der Waals surface area contributed by atoms with E-state index in [4.69, 9.17) is 0 Å². The monoisotopic (exact) mass is 342 g/mol. The molecule has 0 saturated heterocycles. The third-order valence-electron chi connectivity index (χ3n) is 3.64. The number of hydrogen-bond donors (Lipinski definition) is 3. The van der Waals surface area contributed by atoms with Crippen LogP contribution in [0.25, 0.3) is 0 Å². The summed E-state index contributed by atoms with van der Waals surface area (Å²) in [5, 5.41) is 13.4. The molecule has 7 nitrogen and oxygen atoms in total. The number of aryl methyl sites for hydroxylation is 1. The van der Waals surface area contributed by atoms with Crippen LogP contribution in [0.15, 0.2) is 47.6 Å².